The molecule has 1 N–H and O–H groups in total. The molecule has 0 fully saturated rings. The molecule has 110 valence electrons. The number of anilines is 1. The molecule has 22 heavy (non-hydrogen) atoms. The van der Waals surface area contributed by atoms with E-state index in [9.17, 15) is 9.59 Å². The van der Waals surface area contributed by atoms with Crippen LogP contribution in [0.1, 0.15) is 10.4 Å². The molecule has 1 aromatic carbocycles. The van der Waals surface area contributed by atoms with E-state index >= 15 is 0 Å². The number of hydrogen-bond acceptors (Lipinski definition) is 5. The summed E-state index contributed by atoms with van der Waals surface area (Å²) in [6, 6.07) is 9.52. The number of hydrogen-bond donors (Lipinski definition) is 1. The highest BCUT2D eigenvalue weighted by Gasteiger charge is 2.14. The van der Waals surface area contributed by atoms with E-state index in [2.05, 4.69) is 10.3 Å². The zero-order valence-corrected chi connectivity index (χ0v) is 11.7. The van der Waals surface area contributed by atoms with Gasteiger partial charge in [0, 0.05) is 23.7 Å². The Morgan fingerprint density at radius 2 is 2.14 bits per heavy atom. The maximum absolute atomic E-state index is 12.4. The van der Waals surface area contributed by atoms with Gasteiger partial charge in [0.2, 0.25) is 0 Å². The lowest BCUT2D eigenvalue weighted by atomic mass is 10.1. The largest absolute Gasteiger partial charge is 0.497 e. The molecule has 0 atom stereocenters. The Labute approximate surface area is 125 Å². The maximum atomic E-state index is 12.4. The van der Waals surface area contributed by atoms with E-state index < -0.39 is 11.5 Å². The third-order valence-electron chi connectivity index (χ3n) is 3.12. The van der Waals surface area contributed by atoms with Crippen LogP contribution >= 0.6 is 0 Å². The molecule has 6 nitrogen and oxygen atoms in total. The van der Waals surface area contributed by atoms with Gasteiger partial charge in [-0.15, -0.1) is 0 Å². The van der Waals surface area contributed by atoms with Crippen LogP contribution in [0.4, 0.5) is 5.69 Å². The van der Waals surface area contributed by atoms with Crippen LogP contribution in [0.15, 0.2) is 58.0 Å². The minimum absolute atomic E-state index is 0.234. The Morgan fingerprint density at radius 3 is 2.86 bits per heavy atom. The predicted molar refractivity (Wildman–Crippen MR) is 81.2 cm³/mol. The summed E-state index contributed by atoms with van der Waals surface area (Å²) in [5.41, 5.74) is 0.473. The number of amides is 1. The lowest BCUT2D eigenvalue weighted by Crippen LogP contribution is -2.15. The number of pyridine rings is 1. The summed E-state index contributed by atoms with van der Waals surface area (Å²) in [6.07, 6.45) is 3.13. The Kier molecular flexibility index (Phi) is 3.57. The number of aromatic nitrogens is 1. The molecule has 2 aromatic heterocycles. The van der Waals surface area contributed by atoms with Gasteiger partial charge in [-0.3, -0.25) is 9.78 Å². The Hall–Kier alpha value is -3.15. The Balaban J connectivity index is 2.06. The lowest BCUT2D eigenvalue weighted by Gasteiger charge is -2.07. The minimum atomic E-state index is -0.600. The molecule has 1 amide bonds. The number of rotatable bonds is 3. The third-order valence-corrected chi connectivity index (χ3v) is 3.12. The van der Waals surface area contributed by atoms with Gasteiger partial charge >= 0.3 is 5.63 Å². The number of fused-ring (bicyclic) bond motifs is 1. The molecule has 0 aliphatic heterocycles. The van der Waals surface area contributed by atoms with Gasteiger partial charge in [-0.05, 0) is 24.3 Å². The van der Waals surface area contributed by atoms with Crippen molar-refractivity contribution in [3.8, 4) is 5.75 Å². The summed E-state index contributed by atoms with van der Waals surface area (Å²) in [4.78, 5) is 28.0. The summed E-state index contributed by atoms with van der Waals surface area (Å²) < 4.78 is 10.2. The van der Waals surface area contributed by atoms with Crippen molar-refractivity contribution in [3.63, 3.8) is 0 Å². The number of carbonyl (C=O) groups is 1. The van der Waals surface area contributed by atoms with Crippen molar-refractivity contribution in [3.05, 3.63) is 64.8 Å². The molecule has 0 unspecified atom stereocenters. The second-order valence-electron chi connectivity index (χ2n) is 4.54. The van der Waals surface area contributed by atoms with E-state index in [0.29, 0.717) is 22.4 Å². The Morgan fingerprint density at radius 1 is 1.27 bits per heavy atom. The van der Waals surface area contributed by atoms with E-state index in [-0.39, 0.29) is 5.56 Å². The van der Waals surface area contributed by atoms with Crippen LogP contribution in [0, 0.1) is 0 Å². The van der Waals surface area contributed by atoms with E-state index in [1.54, 1.807) is 36.5 Å². The summed E-state index contributed by atoms with van der Waals surface area (Å²) in [6.45, 7) is 0. The second-order valence-corrected chi connectivity index (χ2v) is 4.54. The summed E-state index contributed by atoms with van der Waals surface area (Å²) in [7, 11) is 1.51. The summed E-state index contributed by atoms with van der Waals surface area (Å²) in [5, 5.41) is 3.22. The van der Waals surface area contributed by atoms with Gasteiger partial charge in [0.25, 0.3) is 5.91 Å². The first-order valence-electron chi connectivity index (χ1n) is 6.50. The number of benzene rings is 1. The molecule has 0 saturated heterocycles. The normalized spacial score (nSPS) is 10.4. The lowest BCUT2D eigenvalue weighted by molar-refractivity contribution is 0.102. The van der Waals surface area contributed by atoms with Crippen LogP contribution in [0.3, 0.4) is 0 Å². The van der Waals surface area contributed by atoms with E-state index in [1.165, 1.54) is 19.4 Å². The number of methoxy groups -OCH3 is 1. The van der Waals surface area contributed by atoms with Crippen molar-refractivity contribution in [1.82, 2.24) is 4.98 Å². The fourth-order valence-electron chi connectivity index (χ4n) is 2.09. The number of carbonyl (C=O) groups excluding carboxylic acids is 1. The first-order chi connectivity index (χ1) is 10.7. The van der Waals surface area contributed by atoms with Crippen molar-refractivity contribution in [1.29, 1.82) is 0 Å². The molecule has 0 aliphatic rings. The standard InChI is InChI=1S/C16H12N2O4/c1-21-11-4-5-12-13(8-15(19)22-14(12)7-11)16(20)18-10-3-2-6-17-9-10/h2-9H,1H3,(H,18,20). The topological polar surface area (TPSA) is 81.4 Å². The van der Waals surface area contributed by atoms with Crippen molar-refractivity contribution < 1.29 is 13.9 Å². The van der Waals surface area contributed by atoms with Crippen LogP contribution in [0.5, 0.6) is 5.75 Å². The predicted octanol–water partition coefficient (Wildman–Crippen LogP) is 2.45. The fraction of sp³-hybridized carbons (Fsp3) is 0.0625. The zero-order chi connectivity index (χ0) is 15.5. The molecule has 3 rings (SSSR count). The summed E-state index contributed by atoms with van der Waals surface area (Å²) in [5.74, 6) is 0.136. The zero-order valence-electron chi connectivity index (χ0n) is 11.7. The number of nitrogens with zero attached hydrogens (tertiary/aromatic N) is 1. The highest BCUT2D eigenvalue weighted by Crippen LogP contribution is 2.23. The molecule has 0 bridgehead atoms. The van der Waals surface area contributed by atoms with Crippen LogP contribution in [0.2, 0.25) is 0 Å². The van der Waals surface area contributed by atoms with E-state index in [1.807, 2.05) is 0 Å². The van der Waals surface area contributed by atoms with Gasteiger partial charge < -0.3 is 14.5 Å². The van der Waals surface area contributed by atoms with Gasteiger partial charge in [0.1, 0.15) is 11.3 Å². The third kappa shape index (κ3) is 2.67. The first kappa shape index (κ1) is 13.8. The van der Waals surface area contributed by atoms with Crippen molar-refractivity contribution in [2.45, 2.75) is 0 Å². The minimum Gasteiger partial charge on any atom is -0.497 e. The molecule has 0 aliphatic carbocycles. The molecule has 0 saturated carbocycles. The highest BCUT2D eigenvalue weighted by molar-refractivity contribution is 6.12. The average Bonchev–Trinajstić information content (AvgIpc) is 2.54. The SMILES string of the molecule is COc1ccc2c(C(=O)Nc3cccnc3)cc(=O)oc2c1. The van der Waals surface area contributed by atoms with E-state index in [0.717, 1.165) is 0 Å². The van der Waals surface area contributed by atoms with Crippen molar-refractivity contribution in [2.24, 2.45) is 0 Å². The number of nitrogens with one attached hydrogen (secondary N) is 1. The van der Waals surface area contributed by atoms with Gasteiger partial charge in [-0.25, -0.2) is 4.79 Å². The molecule has 0 spiro atoms. The number of ether oxygens (including phenoxy) is 1. The van der Waals surface area contributed by atoms with Crippen LogP contribution < -0.4 is 15.7 Å². The van der Waals surface area contributed by atoms with Gasteiger partial charge in [0.15, 0.2) is 0 Å². The molecular weight excluding hydrogens is 284 g/mol. The average molecular weight is 296 g/mol. The molecule has 2 heterocycles. The Bertz CT molecular complexity index is 888. The highest BCUT2D eigenvalue weighted by atomic mass is 16.5. The molecule has 6 heteroatoms. The van der Waals surface area contributed by atoms with Crippen molar-refractivity contribution in [2.75, 3.05) is 12.4 Å². The maximum Gasteiger partial charge on any atom is 0.337 e. The van der Waals surface area contributed by atoms with Gasteiger partial charge in [-0.1, -0.05) is 0 Å². The monoisotopic (exact) mass is 296 g/mol. The molecule has 0 radical (unpaired) electrons. The van der Waals surface area contributed by atoms with Crippen LogP contribution in [-0.2, 0) is 0 Å². The van der Waals surface area contributed by atoms with Crippen molar-refractivity contribution >= 4 is 22.6 Å². The van der Waals surface area contributed by atoms with Crippen LogP contribution in [0.25, 0.3) is 11.0 Å². The van der Waals surface area contributed by atoms with Gasteiger partial charge in [0.05, 0.1) is 24.6 Å². The van der Waals surface area contributed by atoms with Gasteiger partial charge in [-0.2, -0.15) is 0 Å². The fourth-order valence-corrected chi connectivity index (χ4v) is 2.09. The summed E-state index contributed by atoms with van der Waals surface area (Å²) >= 11 is 0. The van der Waals surface area contributed by atoms with E-state index in [4.69, 9.17) is 9.15 Å². The second kappa shape index (κ2) is 5.69. The molecule has 3 aromatic rings. The molecular formula is C16H12N2O4. The van der Waals surface area contributed by atoms with Crippen LogP contribution in [-0.4, -0.2) is 18.0 Å². The smallest absolute Gasteiger partial charge is 0.337 e. The first-order valence-corrected chi connectivity index (χ1v) is 6.50. The quantitative estimate of drug-likeness (QED) is 0.751.